The highest BCUT2D eigenvalue weighted by atomic mass is 127. The number of alkyl halides is 9. The van der Waals surface area contributed by atoms with Gasteiger partial charge in [-0.15, -0.1) is 0 Å². The van der Waals surface area contributed by atoms with Crippen LogP contribution in [0.5, 0.6) is 5.75 Å². The molecule has 0 aliphatic carbocycles. The summed E-state index contributed by atoms with van der Waals surface area (Å²) in [6.45, 7) is -2.63. The summed E-state index contributed by atoms with van der Waals surface area (Å²) in [5, 5.41) is 10.7. The highest BCUT2D eigenvalue weighted by Gasteiger charge is 2.81. The maximum atomic E-state index is 13.3. The van der Waals surface area contributed by atoms with Crippen molar-refractivity contribution in [3.8, 4) is 5.75 Å². The van der Waals surface area contributed by atoms with E-state index >= 15 is 0 Å². The van der Waals surface area contributed by atoms with Gasteiger partial charge in [-0.25, -0.2) is 0 Å². The number of hydrogen-bond acceptors (Lipinski definition) is 3. The third-order valence-corrected chi connectivity index (χ3v) is 3.45. The number of carboxylic acid groups (broad SMARTS) is 1. The molecule has 0 heterocycles. The second kappa shape index (κ2) is 6.72. The van der Waals surface area contributed by atoms with Gasteiger partial charge >= 0.3 is 23.9 Å². The standard InChI is InChI=1S/C12H6F9IO3/c13-9(14,10(15,16)11(17,18)12(19,20)21)4-25-7-3-5(22)1-2-6(7)8(23)24/h1-3H,4H2,(H,23,24)/p-1. The van der Waals surface area contributed by atoms with E-state index in [4.69, 9.17) is 0 Å². The van der Waals surface area contributed by atoms with Gasteiger partial charge in [0.05, 0.1) is 5.97 Å². The molecule has 0 radical (unpaired) electrons. The summed E-state index contributed by atoms with van der Waals surface area (Å²) in [7, 11) is 0. The topological polar surface area (TPSA) is 49.4 Å². The molecule has 1 aromatic rings. The highest BCUT2D eigenvalue weighted by Crippen LogP contribution is 2.53. The lowest BCUT2D eigenvalue weighted by Crippen LogP contribution is -2.62. The Balaban J connectivity index is 3.14. The van der Waals surface area contributed by atoms with E-state index < -0.39 is 47.8 Å². The number of carbonyl (C=O) groups excluding carboxylic acids is 1. The molecule has 0 aliphatic heterocycles. The van der Waals surface area contributed by atoms with Crippen LogP contribution in [0.25, 0.3) is 0 Å². The quantitative estimate of drug-likeness (QED) is 0.449. The molecule has 0 fully saturated rings. The number of rotatable bonds is 6. The second-order valence-corrected chi connectivity index (χ2v) is 5.81. The zero-order chi connectivity index (χ0) is 19.8. The smallest absolute Gasteiger partial charge is 0.460 e. The zero-order valence-corrected chi connectivity index (χ0v) is 13.6. The first-order valence-electron chi connectivity index (χ1n) is 5.88. The first-order valence-corrected chi connectivity index (χ1v) is 6.96. The Bertz CT molecular complexity index is 658. The van der Waals surface area contributed by atoms with Crippen molar-refractivity contribution in [3.05, 3.63) is 27.3 Å². The van der Waals surface area contributed by atoms with E-state index in [1.165, 1.54) is 0 Å². The van der Waals surface area contributed by atoms with Gasteiger partial charge in [0.2, 0.25) is 0 Å². The van der Waals surface area contributed by atoms with Gasteiger partial charge in [-0.3, -0.25) is 0 Å². The molecular weight excluding hydrogens is 490 g/mol. The van der Waals surface area contributed by atoms with Crippen molar-refractivity contribution >= 4 is 28.6 Å². The molecule has 0 N–H and O–H groups in total. The minimum Gasteiger partial charge on any atom is -0.545 e. The van der Waals surface area contributed by atoms with Gasteiger partial charge in [-0.1, -0.05) is 0 Å². The normalized spacial score (nSPS) is 13.7. The Morgan fingerprint density at radius 1 is 1.00 bits per heavy atom. The lowest BCUT2D eigenvalue weighted by molar-refractivity contribution is -0.398. The third-order valence-electron chi connectivity index (χ3n) is 2.78. The average Bonchev–Trinajstić information content (AvgIpc) is 2.43. The number of aromatic carboxylic acids is 1. The van der Waals surface area contributed by atoms with E-state index in [1.807, 2.05) is 0 Å². The van der Waals surface area contributed by atoms with Crippen LogP contribution in [0.4, 0.5) is 39.5 Å². The van der Waals surface area contributed by atoms with Gasteiger partial charge in [0.25, 0.3) is 0 Å². The minimum absolute atomic E-state index is 0.174. The van der Waals surface area contributed by atoms with Crippen molar-refractivity contribution in [3.63, 3.8) is 0 Å². The molecule has 0 bridgehead atoms. The van der Waals surface area contributed by atoms with Crippen LogP contribution in [0, 0.1) is 3.57 Å². The number of carbonyl (C=O) groups is 1. The van der Waals surface area contributed by atoms with Gasteiger partial charge in [0.15, 0.2) is 6.61 Å². The van der Waals surface area contributed by atoms with Crippen LogP contribution in [0.1, 0.15) is 10.4 Å². The van der Waals surface area contributed by atoms with Gasteiger partial charge in [-0.2, -0.15) is 39.5 Å². The molecule has 0 spiro atoms. The van der Waals surface area contributed by atoms with Crippen LogP contribution in [0.3, 0.4) is 0 Å². The summed E-state index contributed by atoms with van der Waals surface area (Å²) in [6.07, 6.45) is -6.95. The number of ether oxygens (including phenoxy) is 1. The van der Waals surface area contributed by atoms with Gasteiger partial charge < -0.3 is 14.6 Å². The Morgan fingerprint density at radius 3 is 1.96 bits per heavy atom. The van der Waals surface area contributed by atoms with Crippen LogP contribution in [0.15, 0.2) is 18.2 Å². The molecule has 0 saturated carbocycles. The van der Waals surface area contributed by atoms with E-state index in [0.29, 0.717) is 0 Å². The molecule has 1 rings (SSSR count). The molecule has 0 aromatic heterocycles. The lowest BCUT2D eigenvalue weighted by atomic mass is 10.0. The van der Waals surface area contributed by atoms with E-state index in [9.17, 15) is 49.4 Å². The number of hydrogen-bond donors (Lipinski definition) is 0. The molecule has 25 heavy (non-hydrogen) atoms. The van der Waals surface area contributed by atoms with Gasteiger partial charge in [0.1, 0.15) is 5.75 Å². The molecule has 13 heteroatoms. The van der Waals surface area contributed by atoms with Gasteiger partial charge in [-0.05, 0) is 40.8 Å². The van der Waals surface area contributed by atoms with E-state index in [2.05, 4.69) is 4.74 Å². The van der Waals surface area contributed by atoms with Crippen LogP contribution in [-0.2, 0) is 0 Å². The Labute approximate surface area is 146 Å². The summed E-state index contributed by atoms with van der Waals surface area (Å²) < 4.78 is 118. The van der Waals surface area contributed by atoms with Crippen LogP contribution in [0.2, 0.25) is 0 Å². The maximum absolute atomic E-state index is 13.3. The second-order valence-electron chi connectivity index (χ2n) is 4.57. The lowest BCUT2D eigenvalue weighted by Gasteiger charge is -2.33. The van der Waals surface area contributed by atoms with Crippen molar-refractivity contribution < 1.29 is 54.2 Å². The largest absolute Gasteiger partial charge is 0.545 e. The first kappa shape index (κ1) is 21.6. The van der Waals surface area contributed by atoms with Crippen molar-refractivity contribution in [1.82, 2.24) is 0 Å². The predicted octanol–water partition coefficient (Wildman–Crippen LogP) is 3.50. The molecule has 0 unspecified atom stereocenters. The van der Waals surface area contributed by atoms with E-state index in [-0.39, 0.29) is 3.57 Å². The monoisotopic (exact) mass is 495 g/mol. The summed E-state index contributed by atoms with van der Waals surface area (Å²) in [5.41, 5.74) is -0.887. The van der Waals surface area contributed by atoms with E-state index in [1.54, 1.807) is 22.6 Å². The Hall–Kier alpha value is -1.41. The summed E-state index contributed by atoms with van der Waals surface area (Å²) in [6, 6.07) is 2.69. The van der Waals surface area contributed by atoms with Crippen molar-refractivity contribution in [1.29, 1.82) is 0 Å². The van der Waals surface area contributed by atoms with Gasteiger partial charge in [0, 0.05) is 9.13 Å². The summed E-state index contributed by atoms with van der Waals surface area (Å²) >= 11 is 1.55. The Kier molecular flexibility index (Phi) is 5.81. The van der Waals surface area contributed by atoms with Crippen LogP contribution >= 0.6 is 22.6 Å². The predicted molar refractivity (Wildman–Crippen MR) is 69.9 cm³/mol. The van der Waals surface area contributed by atoms with Crippen LogP contribution in [-0.4, -0.2) is 36.5 Å². The number of halogens is 10. The molecule has 0 aliphatic rings. The van der Waals surface area contributed by atoms with Crippen molar-refractivity contribution in [2.24, 2.45) is 0 Å². The fourth-order valence-electron chi connectivity index (χ4n) is 1.45. The summed E-state index contributed by atoms with van der Waals surface area (Å²) in [4.78, 5) is 10.7. The molecule has 0 atom stereocenters. The average molecular weight is 495 g/mol. The third kappa shape index (κ3) is 4.06. The fourth-order valence-corrected chi connectivity index (χ4v) is 1.91. The number of benzene rings is 1. The Morgan fingerprint density at radius 2 is 1.52 bits per heavy atom. The van der Waals surface area contributed by atoms with Crippen LogP contribution < -0.4 is 9.84 Å². The maximum Gasteiger partial charge on any atom is 0.460 e. The highest BCUT2D eigenvalue weighted by molar-refractivity contribution is 14.1. The molecule has 3 nitrogen and oxygen atoms in total. The minimum atomic E-state index is -7.05. The molecule has 142 valence electrons. The first-order chi connectivity index (χ1) is 11.0. The van der Waals surface area contributed by atoms with E-state index in [0.717, 1.165) is 18.2 Å². The van der Waals surface area contributed by atoms with Crippen molar-refractivity contribution in [2.45, 2.75) is 23.9 Å². The zero-order valence-electron chi connectivity index (χ0n) is 11.4. The fraction of sp³-hybridized carbons (Fsp3) is 0.417. The molecule has 0 saturated heterocycles. The van der Waals surface area contributed by atoms with Crippen molar-refractivity contribution in [2.75, 3.05) is 6.61 Å². The molecule has 0 amide bonds. The SMILES string of the molecule is O=C([O-])c1ccc(I)cc1OCC(F)(F)C(F)(F)C(F)(F)C(F)(F)F. The summed E-state index contributed by atoms with van der Waals surface area (Å²) in [5.74, 6) is -22.8. The molecular formula is C12H5F9IO3-. The molecule has 1 aromatic carbocycles. The number of carboxylic acids is 1.